The van der Waals surface area contributed by atoms with Gasteiger partial charge in [-0.1, -0.05) is 18.8 Å². The minimum Gasteiger partial charge on any atom is -0.340 e. The van der Waals surface area contributed by atoms with Gasteiger partial charge in [0.15, 0.2) is 0 Å². The van der Waals surface area contributed by atoms with Crippen LogP contribution < -0.4 is 5.32 Å². The van der Waals surface area contributed by atoms with E-state index in [2.05, 4.69) is 17.3 Å². The molecule has 1 aromatic heterocycles. The van der Waals surface area contributed by atoms with E-state index in [1.807, 2.05) is 0 Å². The lowest BCUT2D eigenvalue weighted by atomic mass is 10.00. The van der Waals surface area contributed by atoms with E-state index in [0.717, 1.165) is 17.7 Å². The standard InChI is InChI=1S/C14H17NOS/c1-2-9-15-14(16)13-10-11-7-5-3-4-6-8-12(11)17-13/h1,10H,3-9H2,(H,15,16). The van der Waals surface area contributed by atoms with Crippen molar-refractivity contribution in [3.05, 3.63) is 21.4 Å². The summed E-state index contributed by atoms with van der Waals surface area (Å²) >= 11 is 1.64. The van der Waals surface area contributed by atoms with Crippen LogP contribution in [-0.4, -0.2) is 12.5 Å². The number of nitrogens with one attached hydrogen (secondary N) is 1. The second-order valence-corrected chi connectivity index (χ2v) is 5.50. The summed E-state index contributed by atoms with van der Waals surface area (Å²) in [5.41, 5.74) is 1.38. The maximum absolute atomic E-state index is 11.8. The summed E-state index contributed by atoms with van der Waals surface area (Å²) in [4.78, 5) is 14.0. The largest absolute Gasteiger partial charge is 0.340 e. The molecule has 0 fully saturated rings. The van der Waals surface area contributed by atoms with Crippen molar-refractivity contribution in [2.75, 3.05) is 6.54 Å². The van der Waals surface area contributed by atoms with Crippen LogP contribution in [0.3, 0.4) is 0 Å². The van der Waals surface area contributed by atoms with E-state index in [1.54, 1.807) is 11.3 Å². The van der Waals surface area contributed by atoms with Gasteiger partial charge in [-0.25, -0.2) is 0 Å². The van der Waals surface area contributed by atoms with Crippen LogP contribution in [0.5, 0.6) is 0 Å². The molecule has 0 saturated carbocycles. The number of hydrogen-bond donors (Lipinski definition) is 1. The first-order chi connectivity index (χ1) is 8.31. The monoisotopic (exact) mass is 247 g/mol. The molecule has 1 aromatic rings. The van der Waals surface area contributed by atoms with Crippen LogP contribution in [0.25, 0.3) is 0 Å². The summed E-state index contributed by atoms with van der Waals surface area (Å²) in [5.74, 6) is 2.39. The fraction of sp³-hybridized carbons (Fsp3) is 0.500. The number of rotatable bonds is 2. The van der Waals surface area contributed by atoms with Gasteiger partial charge in [0, 0.05) is 4.88 Å². The van der Waals surface area contributed by atoms with Gasteiger partial charge in [-0.05, 0) is 37.3 Å². The third-order valence-electron chi connectivity index (χ3n) is 3.07. The van der Waals surface area contributed by atoms with Crippen molar-refractivity contribution in [2.24, 2.45) is 0 Å². The van der Waals surface area contributed by atoms with Crippen LogP contribution in [0.15, 0.2) is 6.07 Å². The third-order valence-corrected chi connectivity index (χ3v) is 4.31. The lowest BCUT2D eigenvalue weighted by Gasteiger charge is -2.07. The highest BCUT2D eigenvalue weighted by molar-refractivity contribution is 7.14. The molecule has 1 N–H and O–H groups in total. The van der Waals surface area contributed by atoms with Gasteiger partial charge < -0.3 is 5.32 Å². The average Bonchev–Trinajstić information content (AvgIpc) is 2.68. The Bertz CT molecular complexity index is 416. The predicted octanol–water partition coefficient (Wildman–Crippen LogP) is 2.77. The van der Waals surface area contributed by atoms with Gasteiger partial charge in [0.1, 0.15) is 0 Å². The highest BCUT2D eigenvalue weighted by atomic mass is 32.1. The SMILES string of the molecule is C#CCNC(=O)c1cc2c(s1)CCCCCC2. The lowest BCUT2D eigenvalue weighted by molar-refractivity contribution is 0.0962. The molecule has 0 unspecified atom stereocenters. The number of carbonyl (C=O) groups excluding carboxylic acids is 1. The van der Waals surface area contributed by atoms with Crippen molar-refractivity contribution in [3.63, 3.8) is 0 Å². The second kappa shape index (κ2) is 5.88. The third kappa shape index (κ3) is 3.10. The molecule has 0 bridgehead atoms. The number of carbonyl (C=O) groups is 1. The van der Waals surface area contributed by atoms with Gasteiger partial charge in [0.05, 0.1) is 11.4 Å². The summed E-state index contributed by atoms with van der Waals surface area (Å²) in [5, 5.41) is 2.72. The number of terminal acetylenes is 1. The van der Waals surface area contributed by atoms with E-state index in [-0.39, 0.29) is 5.91 Å². The van der Waals surface area contributed by atoms with E-state index in [9.17, 15) is 4.79 Å². The maximum atomic E-state index is 11.8. The molecule has 0 radical (unpaired) electrons. The molecule has 0 spiro atoms. The molecule has 0 atom stereocenters. The molecule has 2 rings (SSSR count). The first-order valence-electron chi connectivity index (χ1n) is 6.14. The number of fused-ring (bicyclic) bond motifs is 1. The molecule has 2 nitrogen and oxygen atoms in total. The molecule has 0 aliphatic heterocycles. The molecular formula is C14H17NOS. The van der Waals surface area contributed by atoms with Gasteiger partial charge in [0.2, 0.25) is 0 Å². The summed E-state index contributed by atoms with van der Waals surface area (Å²) in [6, 6.07) is 2.05. The zero-order valence-corrected chi connectivity index (χ0v) is 10.7. The van der Waals surface area contributed by atoms with Crippen LogP contribution in [-0.2, 0) is 12.8 Å². The fourth-order valence-corrected chi connectivity index (χ4v) is 3.34. The molecule has 17 heavy (non-hydrogen) atoms. The molecule has 1 heterocycles. The molecular weight excluding hydrogens is 230 g/mol. The minimum absolute atomic E-state index is 0.0281. The Kier molecular flexibility index (Phi) is 4.22. The van der Waals surface area contributed by atoms with E-state index >= 15 is 0 Å². The Morgan fingerprint density at radius 3 is 2.88 bits per heavy atom. The van der Waals surface area contributed by atoms with E-state index < -0.39 is 0 Å². The van der Waals surface area contributed by atoms with Gasteiger partial charge >= 0.3 is 0 Å². The smallest absolute Gasteiger partial charge is 0.262 e. The first-order valence-corrected chi connectivity index (χ1v) is 6.96. The van der Waals surface area contributed by atoms with Gasteiger partial charge in [-0.3, -0.25) is 4.79 Å². The van der Waals surface area contributed by atoms with Crippen LogP contribution in [0.4, 0.5) is 0 Å². The summed E-state index contributed by atoms with van der Waals surface area (Å²) < 4.78 is 0. The molecule has 3 heteroatoms. The van der Waals surface area contributed by atoms with Gasteiger partial charge in [0.25, 0.3) is 5.91 Å². The molecule has 1 aliphatic rings. The quantitative estimate of drug-likeness (QED) is 0.800. The second-order valence-electron chi connectivity index (χ2n) is 4.36. The molecule has 1 amide bonds. The number of thiophene rings is 1. The molecule has 1 aliphatic carbocycles. The van der Waals surface area contributed by atoms with Crippen molar-refractivity contribution in [2.45, 2.75) is 38.5 Å². The number of hydrogen-bond acceptors (Lipinski definition) is 2. The highest BCUT2D eigenvalue weighted by Crippen LogP contribution is 2.28. The van der Waals surface area contributed by atoms with Gasteiger partial charge in [-0.2, -0.15) is 0 Å². The number of aryl methyl sites for hydroxylation is 2. The Morgan fingerprint density at radius 2 is 2.12 bits per heavy atom. The Labute approximate surface area is 106 Å². The Balaban J connectivity index is 2.12. The van der Waals surface area contributed by atoms with Crippen molar-refractivity contribution in [1.29, 1.82) is 0 Å². The summed E-state index contributed by atoms with van der Waals surface area (Å²) in [6.07, 6.45) is 12.5. The normalized spacial score (nSPS) is 15.2. The van der Waals surface area contributed by atoms with Crippen molar-refractivity contribution >= 4 is 17.2 Å². The molecule has 0 aromatic carbocycles. The number of amides is 1. The Hall–Kier alpha value is -1.27. The molecule has 90 valence electrons. The van der Waals surface area contributed by atoms with Crippen LogP contribution in [0, 0.1) is 12.3 Å². The first kappa shape index (κ1) is 12.2. The highest BCUT2D eigenvalue weighted by Gasteiger charge is 2.15. The zero-order valence-electron chi connectivity index (χ0n) is 9.92. The zero-order chi connectivity index (χ0) is 12.1. The van der Waals surface area contributed by atoms with Crippen molar-refractivity contribution in [3.8, 4) is 12.3 Å². The summed E-state index contributed by atoms with van der Waals surface area (Å²) in [6.45, 7) is 0.307. The minimum atomic E-state index is -0.0281. The average molecular weight is 247 g/mol. The summed E-state index contributed by atoms with van der Waals surface area (Å²) in [7, 11) is 0. The Morgan fingerprint density at radius 1 is 1.35 bits per heavy atom. The predicted molar refractivity (Wildman–Crippen MR) is 71.4 cm³/mol. The van der Waals surface area contributed by atoms with E-state index in [1.165, 1.54) is 36.1 Å². The molecule has 0 saturated heterocycles. The van der Waals surface area contributed by atoms with Crippen LogP contribution in [0.1, 0.15) is 45.8 Å². The topological polar surface area (TPSA) is 29.1 Å². The fourth-order valence-electron chi connectivity index (χ4n) is 2.17. The van der Waals surface area contributed by atoms with Crippen molar-refractivity contribution in [1.82, 2.24) is 5.32 Å². The van der Waals surface area contributed by atoms with Gasteiger partial charge in [-0.15, -0.1) is 17.8 Å². The van der Waals surface area contributed by atoms with Crippen LogP contribution in [0.2, 0.25) is 0 Å². The van der Waals surface area contributed by atoms with Crippen molar-refractivity contribution < 1.29 is 4.79 Å². The maximum Gasteiger partial charge on any atom is 0.262 e. The lowest BCUT2D eigenvalue weighted by Crippen LogP contribution is -2.22. The van der Waals surface area contributed by atoms with E-state index in [0.29, 0.717) is 6.54 Å². The van der Waals surface area contributed by atoms with Crippen LogP contribution >= 0.6 is 11.3 Å². The van der Waals surface area contributed by atoms with E-state index in [4.69, 9.17) is 6.42 Å².